The van der Waals surface area contributed by atoms with Gasteiger partial charge >= 0.3 is 0 Å². The van der Waals surface area contributed by atoms with Gasteiger partial charge in [0.1, 0.15) is 5.54 Å². The summed E-state index contributed by atoms with van der Waals surface area (Å²) >= 11 is 0. The van der Waals surface area contributed by atoms with Crippen molar-refractivity contribution in [3.63, 3.8) is 0 Å². The quantitative estimate of drug-likeness (QED) is 0.788. The van der Waals surface area contributed by atoms with Gasteiger partial charge in [-0.3, -0.25) is 4.79 Å². The first-order valence-corrected chi connectivity index (χ1v) is 7.52. The molecule has 1 fully saturated rings. The third kappa shape index (κ3) is 2.09. The van der Waals surface area contributed by atoms with Crippen LogP contribution in [0, 0.1) is 11.5 Å². The fraction of sp³-hybridized carbons (Fsp3) is 0.235. The third-order valence-electron chi connectivity index (χ3n) is 4.44. The molecule has 0 aliphatic carbocycles. The second-order valence-electron chi connectivity index (χ2n) is 5.83. The van der Waals surface area contributed by atoms with Crippen molar-refractivity contribution in [1.82, 2.24) is 9.88 Å². The molecule has 1 saturated heterocycles. The lowest BCUT2D eigenvalue weighted by atomic mass is 9.95. The summed E-state index contributed by atoms with van der Waals surface area (Å²) in [7, 11) is 0. The first kappa shape index (κ1) is 13.6. The molecule has 114 valence electrons. The van der Waals surface area contributed by atoms with Gasteiger partial charge in [0.25, 0.3) is 5.91 Å². The van der Waals surface area contributed by atoms with E-state index in [0.29, 0.717) is 25.3 Å². The van der Waals surface area contributed by atoms with Crippen molar-refractivity contribution in [2.75, 3.05) is 23.7 Å². The normalized spacial score (nSPS) is 22.2. The highest BCUT2D eigenvalue weighted by atomic mass is 16.2. The van der Waals surface area contributed by atoms with Crippen LogP contribution in [0.3, 0.4) is 0 Å². The van der Waals surface area contributed by atoms with Crippen molar-refractivity contribution in [1.29, 1.82) is 5.26 Å². The molecule has 1 aromatic heterocycles. The third-order valence-corrected chi connectivity index (χ3v) is 4.44. The first-order valence-electron chi connectivity index (χ1n) is 7.52. The van der Waals surface area contributed by atoms with Crippen LogP contribution in [-0.4, -0.2) is 34.4 Å². The number of likely N-dealkylation sites (tertiary alicyclic amines) is 1. The van der Waals surface area contributed by atoms with Crippen LogP contribution in [0.4, 0.5) is 11.5 Å². The Balaban J connectivity index is 1.70. The number of nitrogens with one attached hydrogen (secondary N) is 2. The molecule has 0 radical (unpaired) electrons. The fourth-order valence-electron chi connectivity index (χ4n) is 3.13. The number of amides is 1. The Labute approximate surface area is 133 Å². The van der Waals surface area contributed by atoms with Gasteiger partial charge < -0.3 is 10.6 Å². The molecule has 6 heteroatoms. The van der Waals surface area contributed by atoms with Gasteiger partial charge in [-0.15, -0.1) is 0 Å². The molecule has 0 saturated carbocycles. The van der Waals surface area contributed by atoms with Crippen molar-refractivity contribution in [3.8, 4) is 17.5 Å². The Kier molecular flexibility index (Phi) is 2.95. The zero-order valence-electron chi connectivity index (χ0n) is 12.4. The number of rotatable bonds is 1. The van der Waals surface area contributed by atoms with Crippen molar-refractivity contribution in [2.45, 2.75) is 12.0 Å². The minimum absolute atomic E-state index is 0.190. The average molecular weight is 305 g/mol. The predicted octanol–water partition coefficient (Wildman–Crippen LogP) is 2.04. The van der Waals surface area contributed by atoms with Crippen LogP contribution in [0.15, 0.2) is 42.5 Å². The standard InChI is InChI=1S/C17H15N5O/c18-11-22-9-8-17(16(22)23)10-19-14-7-6-13(20-15(14)21-17)12-4-2-1-3-5-12/h1-7,19H,8-10H2,(H,20,21). The molecule has 2 aliphatic heterocycles. The monoisotopic (exact) mass is 305 g/mol. The second kappa shape index (κ2) is 4.99. The smallest absolute Gasteiger partial charge is 0.263 e. The molecule has 2 aromatic rings. The summed E-state index contributed by atoms with van der Waals surface area (Å²) in [5, 5.41) is 15.6. The minimum Gasteiger partial charge on any atom is -0.379 e. The Morgan fingerprint density at radius 1 is 1.22 bits per heavy atom. The topological polar surface area (TPSA) is 81.1 Å². The average Bonchev–Trinajstić information content (AvgIpc) is 2.91. The summed E-state index contributed by atoms with van der Waals surface area (Å²) in [6, 6.07) is 13.8. The van der Waals surface area contributed by atoms with Crippen LogP contribution in [0.25, 0.3) is 11.3 Å². The Morgan fingerprint density at radius 2 is 2.04 bits per heavy atom. The van der Waals surface area contributed by atoms with E-state index in [9.17, 15) is 4.79 Å². The number of carbonyl (C=O) groups is 1. The molecule has 1 spiro atoms. The Morgan fingerprint density at radius 3 is 2.78 bits per heavy atom. The summed E-state index contributed by atoms with van der Waals surface area (Å²) in [4.78, 5) is 18.3. The molecule has 3 heterocycles. The van der Waals surface area contributed by atoms with Gasteiger partial charge in [0.05, 0.1) is 11.4 Å². The maximum atomic E-state index is 12.5. The van der Waals surface area contributed by atoms with Gasteiger partial charge in [-0.05, 0) is 12.1 Å². The zero-order chi connectivity index (χ0) is 15.9. The van der Waals surface area contributed by atoms with Gasteiger partial charge in [0.2, 0.25) is 0 Å². The van der Waals surface area contributed by atoms with E-state index in [1.165, 1.54) is 4.90 Å². The van der Waals surface area contributed by atoms with Crippen molar-refractivity contribution >= 4 is 17.4 Å². The number of fused-ring (bicyclic) bond motifs is 1. The van der Waals surface area contributed by atoms with Crippen LogP contribution < -0.4 is 10.6 Å². The van der Waals surface area contributed by atoms with Gasteiger partial charge in [0.15, 0.2) is 12.0 Å². The van der Waals surface area contributed by atoms with E-state index < -0.39 is 5.54 Å². The lowest BCUT2D eigenvalue weighted by Crippen LogP contribution is -2.53. The number of benzene rings is 1. The van der Waals surface area contributed by atoms with Gasteiger partial charge in [-0.2, -0.15) is 5.26 Å². The van der Waals surface area contributed by atoms with E-state index in [0.717, 1.165) is 16.9 Å². The first-order chi connectivity index (χ1) is 11.2. The zero-order valence-corrected chi connectivity index (χ0v) is 12.4. The molecule has 23 heavy (non-hydrogen) atoms. The number of hydrogen-bond acceptors (Lipinski definition) is 5. The number of pyridine rings is 1. The summed E-state index contributed by atoms with van der Waals surface area (Å²) < 4.78 is 0. The number of aromatic nitrogens is 1. The van der Waals surface area contributed by atoms with Crippen LogP contribution >= 0.6 is 0 Å². The summed E-state index contributed by atoms with van der Waals surface area (Å²) in [5.41, 5.74) is 1.97. The number of anilines is 2. The van der Waals surface area contributed by atoms with E-state index in [1.807, 2.05) is 48.7 Å². The molecule has 0 bridgehead atoms. The summed E-state index contributed by atoms with van der Waals surface area (Å²) in [6.45, 7) is 0.904. The molecule has 1 atom stereocenters. The highest BCUT2D eigenvalue weighted by Gasteiger charge is 2.49. The predicted molar refractivity (Wildman–Crippen MR) is 86.5 cm³/mol. The molecular formula is C17H15N5O. The maximum Gasteiger partial charge on any atom is 0.263 e. The molecule has 6 nitrogen and oxygen atoms in total. The van der Waals surface area contributed by atoms with E-state index >= 15 is 0 Å². The SMILES string of the molecule is N#CN1CCC2(CNc3ccc(-c4ccccc4)nc3N2)C1=O. The lowest BCUT2D eigenvalue weighted by Gasteiger charge is -2.34. The van der Waals surface area contributed by atoms with E-state index in [1.54, 1.807) is 0 Å². The fourth-order valence-corrected chi connectivity index (χ4v) is 3.13. The Bertz CT molecular complexity index is 813. The van der Waals surface area contributed by atoms with Crippen LogP contribution in [0.5, 0.6) is 0 Å². The number of carbonyl (C=O) groups excluding carboxylic acids is 1. The highest BCUT2D eigenvalue weighted by molar-refractivity contribution is 5.95. The van der Waals surface area contributed by atoms with Crippen molar-refractivity contribution in [2.24, 2.45) is 0 Å². The molecule has 1 aromatic carbocycles. The van der Waals surface area contributed by atoms with E-state index in [-0.39, 0.29) is 5.91 Å². The molecule has 2 N–H and O–H groups in total. The molecular weight excluding hydrogens is 290 g/mol. The summed E-state index contributed by atoms with van der Waals surface area (Å²) in [6.07, 6.45) is 2.53. The maximum absolute atomic E-state index is 12.5. The van der Waals surface area contributed by atoms with E-state index in [2.05, 4.69) is 15.6 Å². The minimum atomic E-state index is -0.773. The Hall–Kier alpha value is -3.07. The van der Waals surface area contributed by atoms with Crippen LogP contribution in [0.2, 0.25) is 0 Å². The van der Waals surface area contributed by atoms with E-state index in [4.69, 9.17) is 5.26 Å². The van der Waals surface area contributed by atoms with Gasteiger partial charge in [0, 0.05) is 25.1 Å². The molecule has 2 aliphatic rings. The van der Waals surface area contributed by atoms with Gasteiger partial charge in [-0.1, -0.05) is 30.3 Å². The number of hydrogen-bond donors (Lipinski definition) is 2. The lowest BCUT2D eigenvalue weighted by molar-refractivity contribution is -0.128. The van der Waals surface area contributed by atoms with Crippen LogP contribution in [0.1, 0.15) is 6.42 Å². The van der Waals surface area contributed by atoms with Crippen LogP contribution in [-0.2, 0) is 4.79 Å². The largest absolute Gasteiger partial charge is 0.379 e. The molecule has 4 rings (SSSR count). The number of nitrogens with zero attached hydrogens (tertiary/aromatic N) is 3. The van der Waals surface area contributed by atoms with Crippen molar-refractivity contribution < 1.29 is 4.79 Å². The van der Waals surface area contributed by atoms with Gasteiger partial charge in [-0.25, -0.2) is 9.88 Å². The highest BCUT2D eigenvalue weighted by Crippen LogP contribution is 2.35. The number of nitriles is 1. The summed E-state index contributed by atoms with van der Waals surface area (Å²) in [5.74, 6) is 0.468. The second-order valence-corrected chi connectivity index (χ2v) is 5.83. The van der Waals surface area contributed by atoms with Crippen molar-refractivity contribution in [3.05, 3.63) is 42.5 Å². The molecule has 1 unspecified atom stereocenters. The molecule has 1 amide bonds.